The van der Waals surface area contributed by atoms with E-state index in [1.54, 1.807) is 19.1 Å². The van der Waals surface area contributed by atoms with Gasteiger partial charge in [-0.1, -0.05) is 26.5 Å². The van der Waals surface area contributed by atoms with Crippen LogP contribution in [0.25, 0.3) is 39.3 Å². The van der Waals surface area contributed by atoms with Crippen molar-refractivity contribution in [3.63, 3.8) is 0 Å². The molecule has 1 saturated carbocycles. The zero-order valence-electron chi connectivity index (χ0n) is 42.7. The molecule has 1 amide bonds. The van der Waals surface area contributed by atoms with Crippen molar-refractivity contribution in [2.24, 2.45) is 28.7 Å². The summed E-state index contributed by atoms with van der Waals surface area (Å²) in [6, 6.07) is 1.81. The number of carbonyl (C=O) groups is 3. The van der Waals surface area contributed by atoms with Crippen LogP contribution in [0.5, 0.6) is 0 Å². The maximum absolute atomic E-state index is 13.9. The minimum atomic E-state index is -1.62. The molecule has 8 bridgehead atoms. The Morgan fingerprint density at radius 2 is 1.49 bits per heavy atom. The Morgan fingerprint density at radius 3 is 2.13 bits per heavy atom. The number of hydrogen-bond donors (Lipinski definition) is 14. The second-order valence-electron chi connectivity index (χ2n) is 20.5. The van der Waals surface area contributed by atoms with Crippen LogP contribution in [0.1, 0.15) is 120 Å². The Labute approximate surface area is 432 Å². The minimum Gasteiger partial charge on any atom is -0.481 e. The summed E-state index contributed by atoms with van der Waals surface area (Å²) < 4.78 is 24.0. The average molecular weight is 1050 g/mol. The number of nitrogens with one attached hydrogen (secondary N) is 3. The van der Waals surface area contributed by atoms with Gasteiger partial charge in [0.2, 0.25) is 5.91 Å². The van der Waals surface area contributed by atoms with E-state index in [0.29, 0.717) is 34.6 Å². The molecule has 0 aromatic carbocycles. The quantitative estimate of drug-likeness (QED) is 0.0998. The van der Waals surface area contributed by atoms with Crippen LogP contribution in [0.4, 0.5) is 0 Å². The van der Waals surface area contributed by atoms with Crippen molar-refractivity contribution in [1.29, 1.82) is 0 Å². The fraction of sp³-hybridized carbons (Fsp3) is 0.558. The highest BCUT2D eigenvalue weighted by atomic mass is 16.7. The molecule has 14 unspecified atom stereocenters. The lowest BCUT2D eigenvalue weighted by Gasteiger charge is -2.48. The molecule has 75 heavy (non-hydrogen) atoms. The van der Waals surface area contributed by atoms with Crippen LogP contribution in [-0.4, -0.2) is 167 Å². The summed E-state index contributed by atoms with van der Waals surface area (Å²) in [4.78, 5) is 56.7. The number of ether oxygens (including phenoxy) is 4. The van der Waals surface area contributed by atoms with E-state index in [2.05, 4.69) is 21.9 Å². The summed E-state index contributed by atoms with van der Waals surface area (Å²) in [5.74, 6) is -4.00. The lowest BCUT2D eigenvalue weighted by atomic mass is 9.84. The molecule has 23 heteroatoms. The summed E-state index contributed by atoms with van der Waals surface area (Å²) in [6.45, 7) is 13.3. The van der Waals surface area contributed by atoms with Gasteiger partial charge in [0.15, 0.2) is 12.6 Å². The number of nitrogens with zero attached hydrogens (tertiary/aromatic N) is 2. The van der Waals surface area contributed by atoms with Gasteiger partial charge in [-0.2, -0.15) is 0 Å². The highest BCUT2D eigenvalue weighted by Gasteiger charge is 2.50. The van der Waals surface area contributed by atoms with Gasteiger partial charge in [-0.25, -0.2) is 9.78 Å². The first-order valence-electron chi connectivity index (χ1n) is 25.4. The molecule has 3 aromatic heterocycles. The number of aliphatic hydroxyl groups is 4. The minimum absolute atomic E-state index is 0.0110. The van der Waals surface area contributed by atoms with E-state index in [-0.39, 0.29) is 55.4 Å². The van der Waals surface area contributed by atoms with Crippen molar-refractivity contribution in [1.82, 2.24) is 25.3 Å². The zero-order valence-corrected chi connectivity index (χ0v) is 42.7. The fourth-order valence-electron chi connectivity index (χ4n) is 11.3. The Kier molecular flexibility index (Phi) is 16.8. The number of nitrogens with two attached hydrogens (primary N) is 5. The highest BCUT2D eigenvalue weighted by Crippen LogP contribution is 2.43. The normalized spacial score (nSPS) is 32.1. The van der Waals surface area contributed by atoms with Crippen LogP contribution in [-0.2, 0) is 35.0 Å². The summed E-state index contributed by atoms with van der Waals surface area (Å²) in [5, 5.41) is 68.2. The number of aromatic carboxylic acids is 1. The summed E-state index contributed by atoms with van der Waals surface area (Å²) in [5.41, 5.74) is 39.4. The number of aryl methyl sites for hydroxylation is 2. The van der Waals surface area contributed by atoms with Gasteiger partial charge in [0.1, 0.15) is 30.5 Å². The standard InChI is InChI=1S/C52H72N10O13/c1-7-23-19(3)30-14-32-21(5)25(43(61-32)26(11-40(65)66)44-41(50(70)71)22(6)33(62-44)16-35-24(8-2)20(4)31(60-35)15-34(23)59-30)9-10-39(64)58-18-38-45(67)42(57)46(68)52(73-38)75-49-28(55)12-27(54)48(47(49)69)74-51-29(56)13-36(63)37(17-53)72-51/h7,14-16,21,25,27-29,36-38,42,45-49,51-52,59,62-63,67-69H,1,8-13,17-18,53-57H2,2-6H3,(H,58,64)(H,65,66)(H,70,71)/t21-,25-,27?,28?,29?,36?,37?,38?,42?,45?,46?,47?,48?,49?,51?,52?/m0/s1. The monoisotopic (exact) mass is 1040 g/mol. The molecule has 8 rings (SSSR count). The number of aliphatic carboxylic acids is 1. The van der Waals surface area contributed by atoms with Crippen LogP contribution in [0.2, 0.25) is 0 Å². The third-order valence-corrected chi connectivity index (χ3v) is 15.7. The molecule has 2 saturated heterocycles. The molecule has 16 atom stereocenters. The Bertz CT molecular complexity index is 2890. The number of carboxylic acid groups (broad SMARTS) is 2. The number of carboxylic acids is 2. The Balaban J connectivity index is 1.06. The molecule has 0 spiro atoms. The lowest BCUT2D eigenvalue weighted by molar-refractivity contribution is -0.311. The largest absolute Gasteiger partial charge is 0.481 e. The van der Waals surface area contributed by atoms with Gasteiger partial charge in [-0.05, 0) is 86.9 Å². The molecule has 1 aliphatic carbocycles. The first kappa shape index (κ1) is 55.7. The lowest BCUT2D eigenvalue weighted by Crippen LogP contribution is -2.68. The number of amides is 1. The first-order chi connectivity index (χ1) is 35.6. The highest BCUT2D eigenvalue weighted by molar-refractivity contribution is 6.03. The van der Waals surface area contributed by atoms with Crippen LogP contribution in [0, 0.1) is 13.8 Å². The molecular formula is C52H72N10O13. The SMILES string of the molecule is C=Cc1c(C)c2cc3nc(c(CC(=O)O)c4[nH]c(cc5nc(cc1[nH]2)C(C)=C5CC)c(C)c4C(=O)O)[C@@H](CCC(=O)NCC1OC(OC2C(N)CC(N)C(OC4OC(CN)C(O)CC4N)C2O)C(O)C(N)C1O)[C@@H]3C. The molecule has 3 aromatic rings. The summed E-state index contributed by atoms with van der Waals surface area (Å²) >= 11 is 0. The molecule has 0 radical (unpaired) electrons. The molecule has 23 nitrogen and oxygen atoms in total. The van der Waals surface area contributed by atoms with Crippen molar-refractivity contribution in [3.8, 4) is 0 Å². The predicted octanol–water partition coefficient (Wildman–Crippen LogP) is 0.750. The molecule has 7 heterocycles. The molecule has 408 valence electrons. The average Bonchev–Trinajstić information content (AvgIpc) is 4.05. The smallest absolute Gasteiger partial charge is 0.338 e. The van der Waals surface area contributed by atoms with Gasteiger partial charge in [-0.15, -0.1) is 0 Å². The zero-order chi connectivity index (χ0) is 54.5. The summed E-state index contributed by atoms with van der Waals surface area (Å²) in [7, 11) is 0. The maximum atomic E-state index is 13.9. The van der Waals surface area contributed by atoms with E-state index in [9.17, 15) is 45.0 Å². The fourth-order valence-corrected chi connectivity index (χ4v) is 11.3. The number of aromatic nitrogens is 4. The van der Waals surface area contributed by atoms with E-state index in [1.165, 1.54) is 0 Å². The van der Waals surface area contributed by atoms with E-state index < -0.39 is 122 Å². The predicted molar refractivity (Wildman–Crippen MR) is 276 cm³/mol. The first-order valence-corrected chi connectivity index (χ1v) is 25.4. The van der Waals surface area contributed by atoms with Gasteiger partial charge in [0.05, 0.1) is 65.0 Å². The van der Waals surface area contributed by atoms with Crippen LogP contribution >= 0.6 is 0 Å². The van der Waals surface area contributed by atoms with E-state index in [4.69, 9.17) is 57.6 Å². The van der Waals surface area contributed by atoms with Crippen molar-refractivity contribution >= 4 is 57.1 Å². The Hall–Kier alpha value is -5.51. The molecule has 4 aliphatic heterocycles. The van der Waals surface area contributed by atoms with Crippen LogP contribution < -0.4 is 34.0 Å². The number of hydrogen-bond acceptors (Lipinski definition) is 18. The topological polar surface area (TPSA) is 409 Å². The third-order valence-electron chi connectivity index (χ3n) is 15.7. The second-order valence-corrected chi connectivity index (χ2v) is 20.5. The molecular weight excluding hydrogens is 973 g/mol. The number of rotatable bonds is 15. The van der Waals surface area contributed by atoms with Crippen LogP contribution in [0.15, 0.2) is 24.8 Å². The second kappa shape index (κ2) is 22.6. The van der Waals surface area contributed by atoms with Crippen molar-refractivity contribution in [2.45, 2.75) is 171 Å². The third kappa shape index (κ3) is 10.9. The van der Waals surface area contributed by atoms with Gasteiger partial charge in [0.25, 0.3) is 0 Å². The van der Waals surface area contributed by atoms with Crippen molar-refractivity contribution in [2.75, 3.05) is 13.1 Å². The summed E-state index contributed by atoms with van der Waals surface area (Å²) in [6.07, 6.45) is -10.5. The number of H-pyrrole nitrogens is 2. The number of carbonyl (C=O) groups excluding carboxylic acids is 1. The van der Waals surface area contributed by atoms with Gasteiger partial charge in [-0.3, -0.25) is 14.6 Å². The van der Waals surface area contributed by atoms with E-state index in [1.807, 2.05) is 39.8 Å². The van der Waals surface area contributed by atoms with Gasteiger partial charge < -0.3 is 93.5 Å². The maximum Gasteiger partial charge on any atom is 0.338 e. The van der Waals surface area contributed by atoms with Crippen molar-refractivity contribution < 1.29 is 64.0 Å². The number of fused-ring (bicyclic) bond motifs is 8. The van der Waals surface area contributed by atoms with Gasteiger partial charge in [0, 0.05) is 76.8 Å². The molecule has 3 fully saturated rings. The Morgan fingerprint density at radius 1 is 0.840 bits per heavy atom. The molecule has 19 N–H and O–H groups in total. The van der Waals surface area contributed by atoms with Gasteiger partial charge >= 0.3 is 11.9 Å². The van der Waals surface area contributed by atoms with E-state index >= 15 is 0 Å². The van der Waals surface area contributed by atoms with Crippen LogP contribution in [0.3, 0.4) is 0 Å². The van der Waals surface area contributed by atoms with Crippen molar-refractivity contribution in [3.05, 3.63) is 75.4 Å². The number of aliphatic hydroxyl groups excluding tert-OH is 4. The number of allylic oxidation sites excluding steroid dienone is 2. The molecule has 5 aliphatic rings. The number of aromatic amines is 2. The van der Waals surface area contributed by atoms with E-state index in [0.717, 1.165) is 39.0 Å².